The summed E-state index contributed by atoms with van der Waals surface area (Å²) in [6, 6.07) is 6.57. The van der Waals surface area contributed by atoms with E-state index in [0.29, 0.717) is 24.9 Å². The minimum absolute atomic E-state index is 0.0148. The lowest BCUT2D eigenvalue weighted by Crippen LogP contribution is -2.25. The number of rotatable bonds is 5. The van der Waals surface area contributed by atoms with Gasteiger partial charge in [-0.2, -0.15) is 0 Å². The Hall–Kier alpha value is -1.55. The number of carbonyl (C=O) groups is 1. The number of carbonyl (C=O) groups excluding carboxylic acids is 1. The fourth-order valence-electron chi connectivity index (χ4n) is 1.40. The second-order valence-corrected chi connectivity index (χ2v) is 3.65. The van der Waals surface area contributed by atoms with Crippen molar-refractivity contribution in [2.75, 3.05) is 18.6 Å². The Morgan fingerprint density at radius 2 is 2.12 bits per heavy atom. The maximum absolute atomic E-state index is 11.7. The number of phenolic OH excluding ortho intramolecular Hbond substituents is 1. The van der Waals surface area contributed by atoms with E-state index in [2.05, 4.69) is 0 Å². The zero-order valence-electron chi connectivity index (χ0n) is 9.39. The molecule has 1 aromatic rings. The largest absolute Gasteiger partial charge is 0.508 e. The molecule has 2 N–H and O–H groups in total. The molecule has 88 valence electrons. The third-order valence-electron chi connectivity index (χ3n) is 2.39. The van der Waals surface area contributed by atoms with Gasteiger partial charge in [-0.05, 0) is 25.0 Å². The van der Waals surface area contributed by atoms with Gasteiger partial charge in [-0.3, -0.25) is 4.79 Å². The molecule has 0 aliphatic carbocycles. The topological polar surface area (TPSA) is 60.8 Å². The van der Waals surface area contributed by atoms with E-state index in [9.17, 15) is 9.90 Å². The lowest BCUT2D eigenvalue weighted by Gasteiger charge is -2.17. The third-order valence-corrected chi connectivity index (χ3v) is 2.39. The van der Waals surface area contributed by atoms with E-state index >= 15 is 0 Å². The van der Waals surface area contributed by atoms with Crippen molar-refractivity contribution in [3.63, 3.8) is 0 Å². The normalized spacial score (nSPS) is 10.1. The van der Waals surface area contributed by atoms with Gasteiger partial charge in [0.25, 0.3) is 0 Å². The summed E-state index contributed by atoms with van der Waals surface area (Å²) in [7, 11) is 1.68. The van der Waals surface area contributed by atoms with Gasteiger partial charge >= 0.3 is 0 Å². The molecule has 0 aliphatic heterocycles. The van der Waals surface area contributed by atoms with Crippen LogP contribution in [0.15, 0.2) is 24.3 Å². The number of aliphatic hydroxyl groups excluding tert-OH is 1. The number of aromatic hydroxyl groups is 1. The number of hydrogen-bond acceptors (Lipinski definition) is 3. The van der Waals surface area contributed by atoms with Gasteiger partial charge in [0.1, 0.15) is 5.75 Å². The van der Waals surface area contributed by atoms with E-state index in [1.165, 1.54) is 4.90 Å². The Morgan fingerprint density at radius 3 is 2.75 bits per heavy atom. The SMILES string of the molecule is CN(C(=O)CCCCO)c1cccc(O)c1. The van der Waals surface area contributed by atoms with Gasteiger partial charge in [0.05, 0.1) is 0 Å². The van der Waals surface area contributed by atoms with Crippen LogP contribution in [0, 0.1) is 0 Å². The lowest BCUT2D eigenvalue weighted by atomic mass is 10.2. The molecule has 0 spiro atoms. The molecule has 4 heteroatoms. The molecule has 0 radical (unpaired) electrons. The van der Waals surface area contributed by atoms with E-state index < -0.39 is 0 Å². The van der Waals surface area contributed by atoms with Crippen molar-refractivity contribution < 1.29 is 15.0 Å². The zero-order valence-corrected chi connectivity index (χ0v) is 9.39. The fourth-order valence-corrected chi connectivity index (χ4v) is 1.40. The molecule has 0 saturated carbocycles. The Balaban J connectivity index is 2.56. The first-order valence-corrected chi connectivity index (χ1v) is 5.31. The van der Waals surface area contributed by atoms with Crippen LogP contribution in [-0.2, 0) is 4.79 Å². The molecule has 0 aliphatic rings. The Kier molecular flexibility index (Phi) is 4.79. The first-order chi connectivity index (χ1) is 7.65. The monoisotopic (exact) mass is 223 g/mol. The zero-order chi connectivity index (χ0) is 12.0. The molecule has 1 amide bonds. The number of anilines is 1. The molecule has 1 rings (SSSR count). The quantitative estimate of drug-likeness (QED) is 0.744. The fraction of sp³-hybridized carbons (Fsp3) is 0.417. The molecule has 1 aromatic carbocycles. The summed E-state index contributed by atoms with van der Waals surface area (Å²) in [6.07, 6.45) is 1.73. The molecular weight excluding hydrogens is 206 g/mol. The van der Waals surface area contributed by atoms with Crippen LogP contribution < -0.4 is 4.90 Å². The van der Waals surface area contributed by atoms with Gasteiger partial charge in [0.2, 0.25) is 5.91 Å². The van der Waals surface area contributed by atoms with Crippen molar-refractivity contribution in [2.45, 2.75) is 19.3 Å². The minimum atomic E-state index is -0.0148. The van der Waals surface area contributed by atoms with Crippen LogP contribution in [0.2, 0.25) is 0 Å². The third kappa shape index (κ3) is 3.55. The summed E-state index contributed by atoms with van der Waals surface area (Å²) in [5, 5.41) is 17.9. The predicted molar refractivity (Wildman–Crippen MR) is 62.5 cm³/mol. The highest BCUT2D eigenvalue weighted by Crippen LogP contribution is 2.19. The van der Waals surface area contributed by atoms with Crippen LogP contribution in [0.3, 0.4) is 0 Å². The minimum Gasteiger partial charge on any atom is -0.508 e. The standard InChI is InChI=1S/C12H17NO3/c1-13(12(16)7-2-3-8-14)10-5-4-6-11(15)9-10/h4-6,9,14-15H,2-3,7-8H2,1H3. The highest BCUT2D eigenvalue weighted by Gasteiger charge is 2.10. The van der Waals surface area contributed by atoms with E-state index in [1.54, 1.807) is 31.3 Å². The number of amides is 1. The number of nitrogens with zero attached hydrogens (tertiary/aromatic N) is 1. The van der Waals surface area contributed by atoms with E-state index in [0.717, 1.165) is 0 Å². The molecule has 16 heavy (non-hydrogen) atoms. The average Bonchev–Trinajstić information content (AvgIpc) is 2.28. The molecule has 0 aromatic heterocycles. The number of phenols is 1. The highest BCUT2D eigenvalue weighted by molar-refractivity contribution is 5.92. The lowest BCUT2D eigenvalue weighted by molar-refractivity contribution is -0.118. The van der Waals surface area contributed by atoms with Crippen molar-refractivity contribution in [2.24, 2.45) is 0 Å². The molecule has 0 fully saturated rings. The average molecular weight is 223 g/mol. The van der Waals surface area contributed by atoms with Crippen molar-refractivity contribution in [3.8, 4) is 5.75 Å². The van der Waals surface area contributed by atoms with Gasteiger partial charge in [0.15, 0.2) is 0 Å². The second-order valence-electron chi connectivity index (χ2n) is 3.65. The summed E-state index contributed by atoms with van der Waals surface area (Å²) in [5.74, 6) is 0.131. The van der Waals surface area contributed by atoms with E-state index in [4.69, 9.17) is 5.11 Å². The number of hydrogen-bond donors (Lipinski definition) is 2. The summed E-state index contributed by atoms with van der Waals surface area (Å²) < 4.78 is 0. The predicted octanol–water partition coefficient (Wildman–Crippen LogP) is 1.52. The van der Waals surface area contributed by atoms with Gasteiger partial charge < -0.3 is 15.1 Å². The van der Waals surface area contributed by atoms with Gasteiger partial charge in [-0.1, -0.05) is 6.07 Å². The maximum atomic E-state index is 11.7. The number of aliphatic hydroxyl groups is 1. The van der Waals surface area contributed by atoms with Crippen LogP contribution in [-0.4, -0.2) is 29.8 Å². The van der Waals surface area contributed by atoms with Crippen molar-refractivity contribution in [1.82, 2.24) is 0 Å². The maximum Gasteiger partial charge on any atom is 0.226 e. The highest BCUT2D eigenvalue weighted by atomic mass is 16.3. The Labute approximate surface area is 95.1 Å². The van der Waals surface area contributed by atoms with Crippen molar-refractivity contribution in [1.29, 1.82) is 0 Å². The van der Waals surface area contributed by atoms with Gasteiger partial charge in [-0.25, -0.2) is 0 Å². The number of benzene rings is 1. The van der Waals surface area contributed by atoms with E-state index in [-0.39, 0.29) is 18.3 Å². The molecule has 0 heterocycles. The summed E-state index contributed by atoms with van der Waals surface area (Å²) >= 11 is 0. The van der Waals surface area contributed by atoms with Crippen LogP contribution in [0.5, 0.6) is 5.75 Å². The molecule has 0 atom stereocenters. The van der Waals surface area contributed by atoms with Crippen molar-refractivity contribution >= 4 is 11.6 Å². The van der Waals surface area contributed by atoms with Crippen LogP contribution in [0.4, 0.5) is 5.69 Å². The summed E-state index contributed by atoms with van der Waals surface area (Å²) in [6.45, 7) is 0.114. The van der Waals surface area contributed by atoms with Crippen molar-refractivity contribution in [3.05, 3.63) is 24.3 Å². The van der Waals surface area contributed by atoms with Crippen LogP contribution in [0.1, 0.15) is 19.3 Å². The molecule has 0 unspecified atom stereocenters. The van der Waals surface area contributed by atoms with E-state index in [1.807, 2.05) is 0 Å². The molecular formula is C12H17NO3. The van der Waals surface area contributed by atoms with Gasteiger partial charge in [-0.15, -0.1) is 0 Å². The first kappa shape index (κ1) is 12.5. The van der Waals surface area contributed by atoms with Crippen LogP contribution in [0.25, 0.3) is 0 Å². The van der Waals surface area contributed by atoms with Crippen LogP contribution >= 0.6 is 0 Å². The Morgan fingerprint density at radius 1 is 1.38 bits per heavy atom. The summed E-state index contributed by atoms with van der Waals surface area (Å²) in [4.78, 5) is 13.2. The Bertz CT molecular complexity index is 352. The smallest absolute Gasteiger partial charge is 0.226 e. The molecule has 4 nitrogen and oxygen atoms in total. The molecule has 0 saturated heterocycles. The first-order valence-electron chi connectivity index (χ1n) is 5.31. The summed E-state index contributed by atoms with van der Waals surface area (Å²) in [5.41, 5.74) is 0.675. The number of unbranched alkanes of at least 4 members (excludes halogenated alkanes) is 1. The second kappa shape index (κ2) is 6.12. The van der Waals surface area contributed by atoms with Gasteiger partial charge in [0, 0.05) is 31.8 Å². The molecule has 0 bridgehead atoms.